The van der Waals surface area contributed by atoms with Crippen molar-refractivity contribution in [3.8, 4) is 0 Å². The summed E-state index contributed by atoms with van der Waals surface area (Å²) in [5.74, 6) is 0. The number of aryl methyl sites for hydroxylation is 1. The molecule has 0 spiro atoms. The maximum Gasteiger partial charge on any atom is 0.0669 e. The monoisotopic (exact) mass is 225 g/mol. The molecule has 64 valence electrons. The van der Waals surface area contributed by atoms with Crippen LogP contribution >= 0.6 is 15.9 Å². The molecule has 12 heavy (non-hydrogen) atoms. The molecule has 0 radical (unpaired) electrons. The summed E-state index contributed by atoms with van der Waals surface area (Å²) >= 11 is 3.42. The minimum atomic E-state index is 1.05. The van der Waals surface area contributed by atoms with Crippen molar-refractivity contribution in [3.05, 3.63) is 28.2 Å². The highest BCUT2D eigenvalue weighted by atomic mass is 79.9. The first-order chi connectivity index (χ1) is 5.59. The summed E-state index contributed by atoms with van der Waals surface area (Å²) in [6, 6.07) is 6.12. The Morgan fingerprint density at radius 2 is 2.00 bits per heavy atom. The lowest BCUT2D eigenvalue weighted by atomic mass is 10.2. The Kier molecular flexibility index (Phi) is 3.04. The van der Waals surface area contributed by atoms with Crippen molar-refractivity contribution in [2.75, 3.05) is 0 Å². The van der Waals surface area contributed by atoms with Crippen LogP contribution in [0.15, 0.2) is 27.7 Å². The molecule has 1 aromatic rings. The van der Waals surface area contributed by atoms with Crippen molar-refractivity contribution in [3.63, 3.8) is 0 Å². The first kappa shape index (κ1) is 9.46. The highest BCUT2D eigenvalue weighted by molar-refractivity contribution is 9.10. The second-order valence-corrected chi connectivity index (χ2v) is 3.91. The van der Waals surface area contributed by atoms with Crippen molar-refractivity contribution in [1.29, 1.82) is 0 Å². The lowest BCUT2D eigenvalue weighted by Crippen LogP contribution is -1.81. The van der Waals surface area contributed by atoms with Gasteiger partial charge in [0, 0.05) is 10.2 Å². The molecule has 1 rings (SSSR count). The molecular weight excluding hydrogens is 214 g/mol. The van der Waals surface area contributed by atoms with Crippen LogP contribution < -0.4 is 0 Å². The zero-order chi connectivity index (χ0) is 9.14. The number of halogens is 1. The predicted molar refractivity (Wildman–Crippen MR) is 57.3 cm³/mol. The Morgan fingerprint density at radius 3 is 2.58 bits per heavy atom. The van der Waals surface area contributed by atoms with Gasteiger partial charge in [0.15, 0.2) is 0 Å². The molecule has 0 aromatic heterocycles. The molecule has 0 fully saturated rings. The van der Waals surface area contributed by atoms with Crippen LogP contribution in [0.2, 0.25) is 0 Å². The SMILES string of the molecule is CC(C)=Nc1cc(Br)ccc1C. The quantitative estimate of drug-likeness (QED) is 0.644. The maximum absolute atomic E-state index is 4.41. The fourth-order valence-electron chi connectivity index (χ4n) is 0.944. The third-order valence-electron chi connectivity index (χ3n) is 1.52. The highest BCUT2D eigenvalue weighted by Gasteiger charge is 1.96. The molecule has 0 aliphatic carbocycles. The molecule has 0 heterocycles. The van der Waals surface area contributed by atoms with Gasteiger partial charge in [0.05, 0.1) is 5.69 Å². The topological polar surface area (TPSA) is 12.4 Å². The van der Waals surface area contributed by atoms with E-state index < -0.39 is 0 Å². The normalized spacial score (nSPS) is 9.67. The van der Waals surface area contributed by atoms with Crippen LogP contribution in [0.1, 0.15) is 19.4 Å². The van der Waals surface area contributed by atoms with E-state index in [0.29, 0.717) is 0 Å². The van der Waals surface area contributed by atoms with Crippen LogP contribution in [-0.4, -0.2) is 5.71 Å². The van der Waals surface area contributed by atoms with Crippen molar-refractivity contribution >= 4 is 27.3 Å². The Balaban J connectivity index is 3.14. The Hall–Kier alpha value is -0.630. The van der Waals surface area contributed by atoms with Gasteiger partial charge in [0.2, 0.25) is 0 Å². The van der Waals surface area contributed by atoms with Crippen LogP contribution in [0.3, 0.4) is 0 Å². The van der Waals surface area contributed by atoms with E-state index in [1.165, 1.54) is 5.56 Å². The van der Waals surface area contributed by atoms with Crippen molar-refractivity contribution in [2.24, 2.45) is 4.99 Å². The third kappa shape index (κ3) is 2.45. The van der Waals surface area contributed by atoms with Crippen LogP contribution in [0.4, 0.5) is 5.69 Å². The van der Waals surface area contributed by atoms with E-state index in [2.05, 4.69) is 33.9 Å². The maximum atomic E-state index is 4.41. The number of rotatable bonds is 1. The first-order valence-electron chi connectivity index (χ1n) is 3.87. The molecule has 1 aromatic carbocycles. The molecule has 1 nitrogen and oxygen atoms in total. The van der Waals surface area contributed by atoms with Gasteiger partial charge in [-0.25, -0.2) is 0 Å². The smallest absolute Gasteiger partial charge is 0.0669 e. The van der Waals surface area contributed by atoms with Gasteiger partial charge in [0.25, 0.3) is 0 Å². The molecule has 0 aliphatic heterocycles. The van der Waals surface area contributed by atoms with E-state index in [4.69, 9.17) is 0 Å². The zero-order valence-electron chi connectivity index (χ0n) is 7.56. The Labute approximate surface area is 81.7 Å². The summed E-state index contributed by atoms with van der Waals surface area (Å²) in [7, 11) is 0. The lowest BCUT2D eigenvalue weighted by Gasteiger charge is -2.00. The minimum absolute atomic E-state index is 1.05. The second kappa shape index (κ2) is 3.85. The van der Waals surface area contributed by atoms with E-state index in [1.54, 1.807) is 0 Å². The minimum Gasteiger partial charge on any atom is -0.258 e. The Morgan fingerprint density at radius 1 is 1.33 bits per heavy atom. The molecule has 0 saturated carbocycles. The molecule has 0 N–H and O–H groups in total. The summed E-state index contributed by atoms with van der Waals surface area (Å²) < 4.78 is 1.08. The first-order valence-corrected chi connectivity index (χ1v) is 4.67. The van der Waals surface area contributed by atoms with Crippen molar-refractivity contribution < 1.29 is 0 Å². The van der Waals surface area contributed by atoms with Gasteiger partial charge in [-0.15, -0.1) is 0 Å². The van der Waals surface area contributed by atoms with Crippen LogP contribution in [0.25, 0.3) is 0 Å². The van der Waals surface area contributed by atoms with Gasteiger partial charge in [-0.2, -0.15) is 0 Å². The molecule has 0 bridgehead atoms. The third-order valence-corrected chi connectivity index (χ3v) is 2.01. The fourth-order valence-corrected chi connectivity index (χ4v) is 1.29. The summed E-state index contributed by atoms with van der Waals surface area (Å²) in [6.07, 6.45) is 0. The Bertz CT molecular complexity index is 312. The molecule has 0 saturated heterocycles. The van der Waals surface area contributed by atoms with E-state index in [0.717, 1.165) is 15.9 Å². The highest BCUT2D eigenvalue weighted by Crippen LogP contribution is 2.23. The predicted octanol–water partition coefficient (Wildman–Crippen LogP) is 3.87. The fraction of sp³-hybridized carbons (Fsp3) is 0.300. The van der Waals surface area contributed by atoms with Crippen molar-refractivity contribution in [2.45, 2.75) is 20.8 Å². The largest absolute Gasteiger partial charge is 0.258 e. The average Bonchev–Trinajstić information content (AvgIpc) is 1.96. The van der Waals surface area contributed by atoms with E-state index in [-0.39, 0.29) is 0 Å². The second-order valence-electron chi connectivity index (χ2n) is 2.99. The number of hydrogen-bond acceptors (Lipinski definition) is 1. The van der Waals surface area contributed by atoms with E-state index in [9.17, 15) is 0 Å². The summed E-state index contributed by atoms with van der Waals surface area (Å²) in [5.41, 5.74) is 3.33. The molecule has 0 unspecified atom stereocenters. The van der Waals surface area contributed by atoms with Gasteiger partial charge in [0.1, 0.15) is 0 Å². The number of benzene rings is 1. The average molecular weight is 226 g/mol. The van der Waals surface area contributed by atoms with E-state index >= 15 is 0 Å². The zero-order valence-corrected chi connectivity index (χ0v) is 9.14. The molecule has 0 amide bonds. The lowest BCUT2D eigenvalue weighted by molar-refractivity contribution is 1.37. The standard InChI is InChI=1S/C10H12BrN/c1-7(2)12-10-6-9(11)5-4-8(10)3/h4-6H,1-3H3. The number of nitrogens with zero attached hydrogens (tertiary/aromatic N) is 1. The number of hydrogen-bond donors (Lipinski definition) is 0. The van der Waals surface area contributed by atoms with Crippen LogP contribution in [-0.2, 0) is 0 Å². The van der Waals surface area contributed by atoms with Crippen LogP contribution in [0, 0.1) is 6.92 Å². The molecular formula is C10H12BrN. The van der Waals surface area contributed by atoms with Gasteiger partial charge >= 0.3 is 0 Å². The van der Waals surface area contributed by atoms with Gasteiger partial charge in [-0.1, -0.05) is 22.0 Å². The summed E-state index contributed by atoms with van der Waals surface area (Å²) in [4.78, 5) is 4.41. The van der Waals surface area contributed by atoms with Gasteiger partial charge < -0.3 is 0 Å². The van der Waals surface area contributed by atoms with E-state index in [1.807, 2.05) is 26.0 Å². The van der Waals surface area contributed by atoms with Crippen molar-refractivity contribution in [1.82, 2.24) is 0 Å². The molecule has 0 aliphatic rings. The summed E-state index contributed by atoms with van der Waals surface area (Å²) in [5, 5.41) is 0. The summed E-state index contributed by atoms with van der Waals surface area (Å²) in [6.45, 7) is 6.06. The van der Waals surface area contributed by atoms with Crippen LogP contribution in [0.5, 0.6) is 0 Å². The van der Waals surface area contributed by atoms with Gasteiger partial charge in [-0.05, 0) is 38.5 Å². The molecule has 2 heteroatoms. The number of aliphatic imine (C=N–C) groups is 1. The van der Waals surface area contributed by atoms with Gasteiger partial charge in [-0.3, -0.25) is 4.99 Å². The molecule has 0 atom stereocenters.